The molecule has 0 amide bonds. The predicted octanol–water partition coefficient (Wildman–Crippen LogP) is 2.93. The van der Waals surface area contributed by atoms with E-state index in [9.17, 15) is 18.3 Å². The maximum Gasteiger partial charge on any atom is 0.322 e. The Labute approximate surface area is 180 Å². The number of aromatic nitrogens is 1. The number of carbonyl (C=O) groups is 1. The molecule has 8 heteroatoms. The molecule has 0 spiro atoms. The molecule has 0 saturated heterocycles. The van der Waals surface area contributed by atoms with E-state index >= 15 is 0 Å². The molecule has 2 N–H and O–H groups in total. The average molecular weight is 436 g/mol. The maximum absolute atomic E-state index is 12.7. The third-order valence-electron chi connectivity index (χ3n) is 4.38. The normalized spacial score (nSPS) is 11.8. The number of carboxylic acid groups (broad SMARTS) is 1. The Morgan fingerprint density at radius 2 is 1.74 bits per heavy atom. The first-order chi connectivity index (χ1) is 14.9. The zero-order valence-electron chi connectivity index (χ0n) is 16.6. The van der Waals surface area contributed by atoms with Crippen LogP contribution in [0.25, 0.3) is 11.1 Å². The van der Waals surface area contributed by atoms with Crippen LogP contribution in [0.5, 0.6) is 5.75 Å². The monoisotopic (exact) mass is 436 g/mol. The highest BCUT2D eigenvalue weighted by molar-refractivity contribution is 7.89. The molecule has 3 aromatic rings. The second-order valence-electron chi connectivity index (χ2n) is 6.51. The van der Waals surface area contributed by atoms with Crippen molar-refractivity contribution in [3.63, 3.8) is 0 Å². The topological polar surface area (TPSA) is 106 Å². The van der Waals surface area contributed by atoms with E-state index in [-0.39, 0.29) is 11.3 Å². The van der Waals surface area contributed by atoms with Crippen molar-refractivity contribution in [2.75, 3.05) is 7.11 Å². The zero-order valence-corrected chi connectivity index (χ0v) is 17.5. The van der Waals surface area contributed by atoms with Crippen LogP contribution in [-0.4, -0.2) is 37.6 Å². The highest BCUT2D eigenvalue weighted by atomic mass is 32.2. The summed E-state index contributed by atoms with van der Waals surface area (Å²) in [5, 5.41) is 9.40. The van der Waals surface area contributed by atoms with Gasteiger partial charge in [0.2, 0.25) is 10.0 Å². The Balaban J connectivity index is 1.73. The highest BCUT2D eigenvalue weighted by Crippen LogP contribution is 2.24. The molecule has 1 atom stereocenters. The maximum atomic E-state index is 12.7. The van der Waals surface area contributed by atoms with Crippen molar-refractivity contribution in [3.8, 4) is 28.7 Å². The first-order valence-electron chi connectivity index (χ1n) is 9.27. The van der Waals surface area contributed by atoms with Crippen LogP contribution in [0.15, 0.2) is 78.0 Å². The van der Waals surface area contributed by atoms with Gasteiger partial charge in [0, 0.05) is 24.4 Å². The van der Waals surface area contributed by atoms with Crippen LogP contribution in [0.2, 0.25) is 0 Å². The van der Waals surface area contributed by atoms with Crippen molar-refractivity contribution in [2.45, 2.75) is 17.4 Å². The third-order valence-corrected chi connectivity index (χ3v) is 5.87. The number of sulfonamides is 1. The van der Waals surface area contributed by atoms with E-state index in [1.807, 2.05) is 24.3 Å². The number of benzene rings is 2. The van der Waals surface area contributed by atoms with Crippen molar-refractivity contribution in [1.29, 1.82) is 0 Å². The molecular weight excluding hydrogens is 416 g/mol. The third kappa shape index (κ3) is 5.92. The van der Waals surface area contributed by atoms with Crippen molar-refractivity contribution in [3.05, 3.63) is 78.6 Å². The van der Waals surface area contributed by atoms with Crippen LogP contribution in [0.1, 0.15) is 12.0 Å². The van der Waals surface area contributed by atoms with Gasteiger partial charge in [-0.25, -0.2) is 8.42 Å². The van der Waals surface area contributed by atoms with E-state index in [4.69, 9.17) is 4.74 Å². The minimum Gasteiger partial charge on any atom is -0.497 e. The van der Waals surface area contributed by atoms with Gasteiger partial charge in [0.1, 0.15) is 11.8 Å². The fourth-order valence-electron chi connectivity index (χ4n) is 2.74. The number of methoxy groups -OCH3 is 1. The van der Waals surface area contributed by atoms with E-state index in [0.29, 0.717) is 5.56 Å². The lowest BCUT2D eigenvalue weighted by Gasteiger charge is -2.13. The quantitative estimate of drug-likeness (QED) is 0.552. The summed E-state index contributed by atoms with van der Waals surface area (Å²) in [5.41, 5.74) is 2.33. The predicted molar refractivity (Wildman–Crippen MR) is 116 cm³/mol. The number of hydrogen-bond donors (Lipinski definition) is 2. The summed E-state index contributed by atoms with van der Waals surface area (Å²) in [6.07, 6.45) is 2.95. The highest BCUT2D eigenvalue weighted by Gasteiger charge is 2.24. The number of pyridine rings is 1. The Morgan fingerprint density at radius 1 is 1.10 bits per heavy atom. The van der Waals surface area contributed by atoms with Crippen LogP contribution in [0.4, 0.5) is 0 Å². The number of aliphatic carboxylic acids is 1. The van der Waals surface area contributed by atoms with E-state index in [1.165, 1.54) is 18.3 Å². The second kappa shape index (κ2) is 9.89. The molecule has 7 nitrogen and oxygen atoms in total. The summed E-state index contributed by atoms with van der Waals surface area (Å²) in [6.45, 7) is 0. The van der Waals surface area contributed by atoms with Crippen LogP contribution >= 0.6 is 0 Å². The van der Waals surface area contributed by atoms with Crippen LogP contribution in [-0.2, 0) is 14.8 Å². The lowest BCUT2D eigenvalue weighted by Crippen LogP contribution is -2.40. The van der Waals surface area contributed by atoms with Gasteiger partial charge in [-0.3, -0.25) is 9.78 Å². The van der Waals surface area contributed by atoms with Crippen LogP contribution in [0, 0.1) is 11.8 Å². The zero-order chi connectivity index (χ0) is 22.3. The fourth-order valence-corrected chi connectivity index (χ4v) is 3.93. The van der Waals surface area contributed by atoms with Gasteiger partial charge in [0.05, 0.1) is 12.0 Å². The molecule has 3 rings (SSSR count). The lowest BCUT2D eigenvalue weighted by molar-refractivity contribution is -0.138. The van der Waals surface area contributed by atoms with Crippen molar-refractivity contribution < 1.29 is 23.1 Å². The summed E-state index contributed by atoms with van der Waals surface area (Å²) in [7, 11) is -2.46. The van der Waals surface area contributed by atoms with Gasteiger partial charge in [0.15, 0.2) is 0 Å². The Hall–Kier alpha value is -3.67. The molecule has 1 unspecified atom stereocenters. The minimum atomic E-state index is -4.04. The molecule has 1 heterocycles. The number of ether oxygens (including phenoxy) is 1. The summed E-state index contributed by atoms with van der Waals surface area (Å²) in [5.74, 6) is 4.87. The van der Waals surface area contributed by atoms with Crippen molar-refractivity contribution in [1.82, 2.24) is 9.71 Å². The van der Waals surface area contributed by atoms with Crippen LogP contribution in [0.3, 0.4) is 0 Å². The lowest BCUT2D eigenvalue weighted by atomic mass is 10.1. The summed E-state index contributed by atoms with van der Waals surface area (Å²) in [4.78, 5) is 15.4. The molecule has 0 aliphatic rings. The molecule has 1 aromatic heterocycles. The first-order valence-corrected chi connectivity index (χ1v) is 10.8. The number of nitrogens with one attached hydrogen (secondary N) is 1. The number of carboxylic acids is 1. The minimum absolute atomic E-state index is 0.0313. The van der Waals surface area contributed by atoms with Gasteiger partial charge in [-0.05, 0) is 47.5 Å². The van der Waals surface area contributed by atoms with E-state index in [1.54, 1.807) is 37.6 Å². The number of hydrogen-bond acceptors (Lipinski definition) is 5. The largest absolute Gasteiger partial charge is 0.497 e. The second-order valence-corrected chi connectivity index (χ2v) is 8.23. The van der Waals surface area contributed by atoms with E-state index in [2.05, 4.69) is 21.5 Å². The molecule has 0 bridgehead atoms. The number of rotatable bonds is 7. The molecular formula is C23H20N2O5S. The average Bonchev–Trinajstić information content (AvgIpc) is 2.79. The molecule has 0 aliphatic carbocycles. The van der Waals surface area contributed by atoms with Gasteiger partial charge >= 0.3 is 5.97 Å². The van der Waals surface area contributed by atoms with Gasteiger partial charge in [-0.1, -0.05) is 36.1 Å². The standard InChI is InChI=1S/C23H20N2O5S/c1-30-20-11-7-18(8-12-20)19-9-13-21(14-10-19)31(28,29)25-22(23(26)27)6-2-4-17-5-3-15-24-16-17/h3,5,7-16,22,25H,6H2,1H3,(H,26,27). The first kappa shape index (κ1) is 22.0. The summed E-state index contributed by atoms with van der Waals surface area (Å²) >= 11 is 0. The van der Waals surface area contributed by atoms with Crippen LogP contribution < -0.4 is 9.46 Å². The molecule has 0 aliphatic heterocycles. The Morgan fingerprint density at radius 3 is 2.29 bits per heavy atom. The van der Waals surface area contributed by atoms with Gasteiger partial charge < -0.3 is 9.84 Å². The Bertz CT molecular complexity index is 1200. The van der Waals surface area contributed by atoms with E-state index in [0.717, 1.165) is 16.9 Å². The fraction of sp³-hybridized carbons (Fsp3) is 0.130. The van der Waals surface area contributed by atoms with E-state index < -0.39 is 22.0 Å². The molecule has 31 heavy (non-hydrogen) atoms. The smallest absolute Gasteiger partial charge is 0.322 e. The van der Waals surface area contributed by atoms with Crippen molar-refractivity contribution in [2.24, 2.45) is 0 Å². The molecule has 2 aromatic carbocycles. The molecule has 0 saturated carbocycles. The van der Waals surface area contributed by atoms with Crippen molar-refractivity contribution >= 4 is 16.0 Å². The summed E-state index contributed by atoms with van der Waals surface area (Å²) in [6, 6.07) is 15.6. The Kier molecular flexibility index (Phi) is 7.03. The van der Waals surface area contributed by atoms with Gasteiger partial charge in [-0.2, -0.15) is 4.72 Å². The molecule has 158 valence electrons. The SMILES string of the molecule is COc1ccc(-c2ccc(S(=O)(=O)NC(CC#Cc3cccnc3)C(=O)O)cc2)cc1. The molecule has 0 fully saturated rings. The molecule has 0 radical (unpaired) electrons. The number of nitrogens with zero attached hydrogens (tertiary/aromatic N) is 1. The van der Waals surface area contributed by atoms with Gasteiger partial charge in [0.25, 0.3) is 0 Å². The van der Waals surface area contributed by atoms with Gasteiger partial charge in [-0.15, -0.1) is 0 Å². The summed E-state index contributed by atoms with van der Waals surface area (Å²) < 4.78 is 32.7.